The van der Waals surface area contributed by atoms with Crippen LogP contribution in [0, 0.1) is 12.3 Å². The van der Waals surface area contributed by atoms with Crippen molar-refractivity contribution in [3.8, 4) is 18.1 Å². The molecule has 0 aliphatic carbocycles. The molecular weight excluding hydrogens is 212 g/mol. The van der Waals surface area contributed by atoms with Gasteiger partial charge in [0.05, 0.1) is 7.11 Å². The molecule has 0 amide bonds. The highest BCUT2D eigenvalue weighted by molar-refractivity contribution is 5.42. The van der Waals surface area contributed by atoms with Crippen molar-refractivity contribution in [1.29, 1.82) is 0 Å². The number of aliphatic hydroxyl groups is 1. The number of aliphatic hydroxyl groups excluding tert-OH is 1. The Morgan fingerprint density at radius 3 is 2.53 bits per heavy atom. The third-order valence-electron chi connectivity index (χ3n) is 2.69. The summed E-state index contributed by atoms with van der Waals surface area (Å²) in [6, 6.07) is 5.92. The minimum atomic E-state index is -0.726. The first kappa shape index (κ1) is 13.6. The molecule has 0 saturated carbocycles. The fourth-order valence-electron chi connectivity index (χ4n) is 1.75. The van der Waals surface area contributed by atoms with Gasteiger partial charge in [-0.05, 0) is 22.6 Å². The zero-order valence-electron chi connectivity index (χ0n) is 10.9. The first-order valence-corrected chi connectivity index (χ1v) is 5.70. The second-order valence-electron chi connectivity index (χ2n) is 5.17. The minimum Gasteiger partial charge on any atom is -0.496 e. The Kier molecular flexibility index (Phi) is 4.20. The van der Waals surface area contributed by atoms with Gasteiger partial charge in [0.25, 0.3) is 0 Å². The van der Waals surface area contributed by atoms with E-state index in [9.17, 15) is 5.11 Å². The van der Waals surface area contributed by atoms with E-state index in [-0.39, 0.29) is 5.41 Å². The predicted molar refractivity (Wildman–Crippen MR) is 70.2 cm³/mol. The lowest BCUT2D eigenvalue weighted by molar-refractivity contribution is 0.233. The van der Waals surface area contributed by atoms with Crippen LogP contribution in [0.15, 0.2) is 18.2 Å². The van der Waals surface area contributed by atoms with Crippen LogP contribution in [0.5, 0.6) is 5.75 Å². The van der Waals surface area contributed by atoms with Crippen molar-refractivity contribution in [1.82, 2.24) is 0 Å². The second kappa shape index (κ2) is 5.25. The number of ether oxygens (including phenoxy) is 1. The molecule has 0 heterocycles. The Labute approximate surface area is 104 Å². The molecule has 0 fully saturated rings. The van der Waals surface area contributed by atoms with E-state index in [1.807, 2.05) is 12.1 Å². The molecule has 17 heavy (non-hydrogen) atoms. The maximum atomic E-state index is 9.46. The van der Waals surface area contributed by atoms with Gasteiger partial charge < -0.3 is 9.84 Å². The highest BCUT2D eigenvalue weighted by atomic mass is 16.5. The summed E-state index contributed by atoms with van der Waals surface area (Å²) in [5, 5.41) is 9.46. The first-order chi connectivity index (χ1) is 7.88. The molecule has 0 aromatic heterocycles. The highest BCUT2D eigenvalue weighted by Crippen LogP contribution is 2.32. The molecule has 0 spiro atoms. The minimum absolute atomic E-state index is 0.00243. The SMILES string of the molecule is C#CC(O)Cc1ccc(OC)c(C(C)(C)C)c1. The summed E-state index contributed by atoms with van der Waals surface area (Å²) >= 11 is 0. The van der Waals surface area contributed by atoms with Gasteiger partial charge in [-0.3, -0.25) is 0 Å². The van der Waals surface area contributed by atoms with Gasteiger partial charge in [-0.2, -0.15) is 0 Å². The van der Waals surface area contributed by atoms with Gasteiger partial charge in [0.1, 0.15) is 11.9 Å². The maximum absolute atomic E-state index is 9.46. The lowest BCUT2D eigenvalue weighted by Gasteiger charge is -2.23. The van der Waals surface area contributed by atoms with Gasteiger partial charge in [0.15, 0.2) is 0 Å². The van der Waals surface area contributed by atoms with Gasteiger partial charge >= 0.3 is 0 Å². The Hall–Kier alpha value is -1.46. The molecule has 1 N–H and O–H groups in total. The van der Waals surface area contributed by atoms with Crippen molar-refractivity contribution < 1.29 is 9.84 Å². The molecule has 1 unspecified atom stereocenters. The van der Waals surface area contributed by atoms with Crippen molar-refractivity contribution in [3.63, 3.8) is 0 Å². The number of methoxy groups -OCH3 is 1. The maximum Gasteiger partial charge on any atom is 0.122 e. The van der Waals surface area contributed by atoms with E-state index in [4.69, 9.17) is 11.2 Å². The lowest BCUT2D eigenvalue weighted by atomic mass is 9.85. The average Bonchev–Trinajstić information content (AvgIpc) is 2.27. The number of benzene rings is 1. The topological polar surface area (TPSA) is 29.5 Å². The molecule has 92 valence electrons. The lowest BCUT2D eigenvalue weighted by Crippen LogP contribution is -2.14. The Morgan fingerprint density at radius 2 is 2.06 bits per heavy atom. The third kappa shape index (κ3) is 3.51. The standard InChI is InChI=1S/C15H20O2/c1-6-12(16)9-11-7-8-14(17-5)13(10-11)15(2,3)4/h1,7-8,10,12,16H,9H2,2-5H3. The summed E-state index contributed by atoms with van der Waals surface area (Å²) in [6.45, 7) is 6.39. The molecule has 2 heteroatoms. The van der Waals surface area contributed by atoms with Crippen LogP contribution in [0.3, 0.4) is 0 Å². The molecule has 1 aromatic carbocycles. The fourth-order valence-corrected chi connectivity index (χ4v) is 1.75. The molecule has 0 aliphatic heterocycles. The van der Waals surface area contributed by atoms with Crippen LogP contribution in [0.25, 0.3) is 0 Å². The van der Waals surface area contributed by atoms with Gasteiger partial charge in [-0.25, -0.2) is 0 Å². The monoisotopic (exact) mass is 232 g/mol. The van der Waals surface area contributed by atoms with Crippen molar-refractivity contribution in [2.75, 3.05) is 7.11 Å². The summed E-state index contributed by atoms with van der Waals surface area (Å²) in [6.07, 6.45) is 4.93. The molecular formula is C15H20O2. The Morgan fingerprint density at radius 1 is 1.41 bits per heavy atom. The third-order valence-corrected chi connectivity index (χ3v) is 2.69. The van der Waals surface area contributed by atoms with E-state index in [2.05, 4.69) is 32.8 Å². The highest BCUT2D eigenvalue weighted by Gasteiger charge is 2.19. The Balaban J connectivity index is 3.10. The number of hydrogen-bond acceptors (Lipinski definition) is 2. The summed E-state index contributed by atoms with van der Waals surface area (Å²) < 4.78 is 5.36. The number of terminal acetylenes is 1. The molecule has 0 aliphatic rings. The first-order valence-electron chi connectivity index (χ1n) is 5.70. The van der Waals surface area contributed by atoms with E-state index in [0.717, 1.165) is 16.9 Å². The van der Waals surface area contributed by atoms with Crippen LogP contribution in [-0.2, 0) is 11.8 Å². The van der Waals surface area contributed by atoms with Gasteiger partial charge in [0.2, 0.25) is 0 Å². The molecule has 2 nitrogen and oxygen atoms in total. The van der Waals surface area contributed by atoms with E-state index in [1.165, 1.54) is 0 Å². The van der Waals surface area contributed by atoms with E-state index >= 15 is 0 Å². The molecule has 1 aromatic rings. The molecule has 1 rings (SSSR count). The zero-order chi connectivity index (χ0) is 13.1. The summed E-state index contributed by atoms with van der Waals surface area (Å²) in [5.41, 5.74) is 2.16. The van der Waals surface area contributed by atoms with Crippen molar-refractivity contribution in [2.45, 2.75) is 38.7 Å². The van der Waals surface area contributed by atoms with E-state index in [1.54, 1.807) is 7.11 Å². The average molecular weight is 232 g/mol. The fraction of sp³-hybridized carbons (Fsp3) is 0.467. The molecule has 0 radical (unpaired) electrons. The van der Waals surface area contributed by atoms with Gasteiger partial charge in [0, 0.05) is 6.42 Å². The Bertz CT molecular complexity index is 422. The zero-order valence-corrected chi connectivity index (χ0v) is 10.9. The van der Waals surface area contributed by atoms with Crippen LogP contribution in [0.1, 0.15) is 31.9 Å². The van der Waals surface area contributed by atoms with Crippen molar-refractivity contribution in [3.05, 3.63) is 29.3 Å². The molecule has 1 atom stereocenters. The van der Waals surface area contributed by atoms with Crippen LogP contribution in [0.2, 0.25) is 0 Å². The smallest absolute Gasteiger partial charge is 0.122 e. The van der Waals surface area contributed by atoms with Gasteiger partial charge in [-0.15, -0.1) is 6.42 Å². The summed E-state index contributed by atoms with van der Waals surface area (Å²) in [5.74, 6) is 3.20. The summed E-state index contributed by atoms with van der Waals surface area (Å²) in [7, 11) is 1.67. The van der Waals surface area contributed by atoms with Crippen molar-refractivity contribution >= 4 is 0 Å². The number of rotatable bonds is 3. The van der Waals surface area contributed by atoms with Crippen molar-refractivity contribution in [2.24, 2.45) is 0 Å². The second-order valence-corrected chi connectivity index (χ2v) is 5.17. The van der Waals surface area contributed by atoms with Crippen LogP contribution >= 0.6 is 0 Å². The molecule has 0 bridgehead atoms. The quantitative estimate of drug-likeness (QED) is 0.811. The van der Waals surface area contributed by atoms with E-state index < -0.39 is 6.10 Å². The molecule has 0 saturated heterocycles. The van der Waals surface area contributed by atoms with Crippen LogP contribution < -0.4 is 4.74 Å². The van der Waals surface area contributed by atoms with E-state index in [0.29, 0.717) is 6.42 Å². The largest absolute Gasteiger partial charge is 0.496 e. The van der Waals surface area contributed by atoms with Crippen LogP contribution in [-0.4, -0.2) is 18.3 Å². The number of hydrogen-bond donors (Lipinski definition) is 1. The predicted octanol–water partition coefficient (Wildman–Crippen LogP) is 2.53. The van der Waals surface area contributed by atoms with Crippen LogP contribution in [0.4, 0.5) is 0 Å². The summed E-state index contributed by atoms with van der Waals surface area (Å²) in [4.78, 5) is 0. The van der Waals surface area contributed by atoms with Gasteiger partial charge in [-0.1, -0.05) is 38.8 Å². The normalized spacial score (nSPS) is 12.9.